The maximum atomic E-state index is 13.1. The van der Waals surface area contributed by atoms with Gasteiger partial charge in [0.2, 0.25) is 0 Å². The fourth-order valence-corrected chi connectivity index (χ4v) is 3.84. The van der Waals surface area contributed by atoms with E-state index in [-0.39, 0.29) is 35.2 Å². The Morgan fingerprint density at radius 3 is 2.13 bits per heavy atom. The first-order valence-corrected chi connectivity index (χ1v) is 10.6. The summed E-state index contributed by atoms with van der Waals surface area (Å²) >= 11 is 0. The van der Waals surface area contributed by atoms with Gasteiger partial charge in [0.25, 0.3) is 0 Å². The van der Waals surface area contributed by atoms with E-state index in [4.69, 9.17) is 18.9 Å². The average molecular weight is 412 g/mol. The van der Waals surface area contributed by atoms with Crippen molar-refractivity contribution in [2.45, 2.75) is 32.8 Å². The van der Waals surface area contributed by atoms with Crippen LogP contribution in [0.25, 0.3) is 10.8 Å². The Morgan fingerprint density at radius 2 is 1.67 bits per heavy atom. The zero-order valence-corrected chi connectivity index (χ0v) is 17.5. The number of hydrogen-bond acceptors (Lipinski definition) is 6. The minimum atomic E-state index is -0.507. The van der Waals surface area contributed by atoms with E-state index in [9.17, 15) is 9.59 Å². The van der Waals surface area contributed by atoms with Gasteiger partial charge in [-0.1, -0.05) is 38.1 Å². The molecule has 160 valence electrons. The van der Waals surface area contributed by atoms with Crippen LogP contribution in [0.2, 0.25) is 0 Å². The van der Waals surface area contributed by atoms with E-state index in [0.717, 1.165) is 17.2 Å². The zero-order valence-electron chi connectivity index (χ0n) is 17.5. The van der Waals surface area contributed by atoms with Gasteiger partial charge in [0.1, 0.15) is 12.7 Å². The van der Waals surface area contributed by atoms with Crippen LogP contribution in [0.15, 0.2) is 36.4 Å². The molecule has 0 aromatic heterocycles. The molecule has 2 aliphatic heterocycles. The molecule has 0 spiro atoms. The molecule has 2 saturated heterocycles. The van der Waals surface area contributed by atoms with Crippen LogP contribution in [0.5, 0.6) is 0 Å². The van der Waals surface area contributed by atoms with Gasteiger partial charge in [0, 0.05) is 5.92 Å². The van der Waals surface area contributed by atoms with Gasteiger partial charge >= 0.3 is 11.9 Å². The topological polar surface area (TPSA) is 71.1 Å². The molecule has 2 heterocycles. The van der Waals surface area contributed by atoms with Crippen molar-refractivity contribution in [3.63, 3.8) is 0 Å². The SMILES string of the molecule is CCC(OC(=O)c1cc2ccccc2cc1C(=O)OCC1(CC)COC1)C1COC1. The molecule has 0 amide bonds. The Bertz CT molecular complexity index is 923. The van der Waals surface area contributed by atoms with E-state index in [1.165, 1.54) is 0 Å². The number of benzene rings is 2. The predicted octanol–water partition coefficient (Wildman–Crippen LogP) is 4.01. The lowest BCUT2D eigenvalue weighted by molar-refractivity contribution is -0.140. The van der Waals surface area contributed by atoms with E-state index in [1.54, 1.807) is 12.1 Å². The highest BCUT2D eigenvalue weighted by atomic mass is 16.6. The molecule has 2 aromatic carbocycles. The second-order valence-corrected chi connectivity index (χ2v) is 8.32. The van der Waals surface area contributed by atoms with Crippen LogP contribution in [0.4, 0.5) is 0 Å². The predicted molar refractivity (Wildman–Crippen MR) is 112 cm³/mol. The Morgan fingerprint density at radius 1 is 1.03 bits per heavy atom. The molecule has 0 saturated carbocycles. The third-order valence-electron chi connectivity index (χ3n) is 6.25. The minimum absolute atomic E-state index is 0.120. The number of hydrogen-bond donors (Lipinski definition) is 0. The molecule has 0 N–H and O–H groups in total. The second kappa shape index (κ2) is 8.74. The lowest BCUT2D eigenvalue weighted by Crippen LogP contribution is -2.46. The van der Waals surface area contributed by atoms with Gasteiger partial charge in [-0.05, 0) is 35.7 Å². The summed E-state index contributed by atoms with van der Waals surface area (Å²) in [5, 5.41) is 1.75. The fraction of sp³-hybridized carbons (Fsp3) is 0.500. The molecule has 2 fully saturated rings. The number of fused-ring (bicyclic) bond motifs is 1. The number of carbonyl (C=O) groups excluding carboxylic acids is 2. The van der Waals surface area contributed by atoms with Gasteiger partial charge in [0.15, 0.2) is 0 Å². The molecular weight excluding hydrogens is 384 g/mol. The fourth-order valence-electron chi connectivity index (χ4n) is 3.84. The van der Waals surface area contributed by atoms with Crippen LogP contribution in [0.1, 0.15) is 47.4 Å². The zero-order chi connectivity index (χ0) is 21.1. The third-order valence-corrected chi connectivity index (χ3v) is 6.25. The van der Waals surface area contributed by atoms with E-state index in [2.05, 4.69) is 6.92 Å². The Hall–Kier alpha value is -2.44. The summed E-state index contributed by atoms with van der Waals surface area (Å²) in [6.45, 7) is 6.69. The van der Waals surface area contributed by atoms with Crippen LogP contribution >= 0.6 is 0 Å². The third kappa shape index (κ3) is 4.07. The van der Waals surface area contributed by atoms with Crippen LogP contribution < -0.4 is 0 Å². The van der Waals surface area contributed by atoms with Crippen molar-refractivity contribution in [2.24, 2.45) is 11.3 Å². The summed E-state index contributed by atoms with van der Waals surface area (Å²) in [4.78, 5) is 26.0. The summed E-state index contributed by atoms with van der Waals surface area (Å²) < 4.78 is 22.0. The molecular formula is C24H28O6. The quantitative estimate of drug-likeness (QED) is 0.610. The van der Waals surface area contributed by atoms with Gasteiger partial charge in [-0.2, -0.15) is 0 Å². The van der Waals surface area contributed by atoms with Crippen molar-refractivity contribution in [1.29, 1.82) is 0 Å². The first-order valence-electron chi connectivity index (χ1n) is 10.6. The molecule has 6 heteroatoms. The average Bonchev–Trinajstić information content (AvgIpc) is 2.70. The summed E-state index contributed by atoms with van der Waals surface area (Å²) in [7, 11) is 0. The molecule has 0 bridgehead atoms. The van der Waals surface area contributed by atoms with Crippen LogP contribution in [0, 0.1) is 11.3 Å². The monoisotopic (exact) mass is 412 g/mol. The van der Waals surface area contributed by atoms with Crippen molar-refractivity contribution in [1.82, 2.24) is 0 Å². The molecule has 30 heavy (non-hydrogen) atoms. The first-order chi connectivity index (χ1) is 14.5. The largest absolute Gasteiger partial charge is 0.461 e. The number of esters is 2. The molecule has 6 nitrogen and oxygen atoms in total. The molecule has 1 unspecified atom stereocenters. The highest BCUT2D eigenvalue weighted by Gasteiger charge is 2.39. The molecule has 1 atom stereocenters. The lowest BCUT2D eigenvalue weighted by atomic mass is 9.84. The van der Waals surface area contributed by atoms with E-state index in [0.29, 0.717) is 32.8 Å². The van der Waals surface area contributed by atoms with Crippen molar-refractivity contribution in [2.75, 3.05) is 33.0 Å². The highest BCUT2D eigenvalue weighted by molar-refractivity contribution is 6.07. The Balaban J connectivity index is 1.59. The van der Waals surface area contributed by atoms with Gasteiger partial charge in [-0.15, -0.1) is 0 Å². The van der Waals surface area contributed by atoms with Crippen LogP contribution in [-0.2, 0) is 18.9 Å². The maximum Gasteiger partial charge on any atom is 0.339 e. The molecule has 4 rings (SSSR count). The van der Waals surface area contributed by atoms with E-state index >= 15 is 0 Å². The van der Waals surface area contributed by atoms with E-state index < -0.39 is 11.9 Å². The number of carbonyl (C=O) groups is 2. The normalized spacial score (nSPS) is 18.9. The van der Waals surface area contributed by atoms with Gasteiger partial charge in [-0.3, -0.25) is 0 Å². The van der Waals surface area contributed by atoms with Crippen molar-refractivity contribution in [3.8, 4) is 0 Å². The lowest BCUT2D eigenvalue weighted by Gasteiger charge is -2.39. The van der Waals surface area contributed by atoms with Gasteiger partial charge < -0.3 is 18.9 Å². The first kappa shape index (κ1) is 20.8. The maximum absolute atomic E-state index is 13.1. The van der Waals surface area contributed by atoms with Crippen molar-refractivity contribution < 1.29 is 28.5 Å². The Labute approximate surface area is 176 Å². The standard InChI is InChI=1S/C24H28O6/c1-3-21(18-11-27-12-18)30-23(26)20-10-17-8-6-5-7-16(17)9-19(20)22(25)29-15-24(4-2)13-28-14-24/h5-10,18,21H,3-4,11-15H2,1-2H3. The molecule has 0 aliphatic carbocycles. The number of ether oxygens (including phenoxy) is 4. The minimum Gasteiger partial charge on any atom is -0.461 e. The van der Waals surface area contributed by atoms with Gasteiger partial charge in [-0.25, -0.2) is 9.59 Å². The van der Waals surface area contributed by atoms with Crippen LogP contribution in [0.3, 0.4) is 0 Å². The van der Waals surface area contributed by atoms with Crippen molar-refractivity contribution in [3.05, 3.63) is 47.5 Å². The smallest absolute Gasteiger partial charge is 0.339 e. The molecule has 2 aromatic rings. The van der Waals surface area contributed by atoms with Crippen LogP contribution in [-0.4, -0.2) is 51.1 Å². The molecule has 0 radical (unpaired) electrons. The summed E-state index contributed by atoms with van der Waals surface area (Å²) in [6, 6.07) is 11.1. The summed E-state index contributed by atoms with van der Waals surface area (Å²) in [5.41, 5.74) is 0.364. The second-order valence-electron chi connectivity index (χ2n) is 8.32. The highest BCUT2D eigenvalue weighted by Crippen LogP contribution is 2.32. The molecule has 2 aliphatic rings. The number of rotatable bonds is 8. The Kier molecular flexibility index (Phi) is 6.06. The van der Waals surface area contributed by atoms with E-state index in [1.807, 2.05) is 31.2 Å². The summed E-state index contributed by atoms with van der Waals surface area (Å²) in [6.07, 6.45) is 1.35. The van der Waals surface area contributed by atoms with Gasteiger partial charge in [0.05, 0.1) is 43.0 Å². The summed E-state index contributed by atoms with van der Waals surface area (Å²) in [5.74, 6) is -0.797. The van der Waals surface area contributed by atoms with Crippen molar-refractivity contribution >= 4 is 22.7 Å².